The van der Waals surface area contributed by atoms with Crippen molar-refractivity contribution in [2.75, 3.05) is 5.32 Å². The predicted octanol–water partition coefficient (Wildman–Crippen LogP) is 3.84. The zero-order chi connectivity index (χ0) is 14.9. The SMILES string of the molecule is C#Cc1cccc2cc(Nc3n[nH]c4cccnc34)ccc12. The van der Waals surface area contributed by atoms with E-state index >= 15 is 0 Å². The van der Waals surface area contributed by atoms with E-state index in [4.69, 9.17) is 6.42 Å². The van der Waals surface area contributed by atoms with Gasteiger partial charge in [0.05, 0.1) is 5.52 Å². The minimum Gasteiger partial charge on any atom is -0.337 e. The van der Waals surface area contributed by atoms with Gasteiger partial charge in [-0.3, -0.25) is 10.1 Å². The Hall–Kier alpha value is -3.32. The predicted molar refractivity (Wildman–Crippen MR) is 89.1 cm³/mol. The number of aromatic nitrogens is 3. The second-order valence-corrected chi connectivity index (χ2v) is 4.98. The Morgan fingerprint density at radius 2 is 2.05 bits per heavy atom. The average molecular weight is 284 g/mol. The lowest BCUT2D eigenvalue weighted by atomic mass is 10.0. The molecule has 4 heteroatoms. The highest BCUT2D eigenvalue weighted by Gasteiger charge is 2.07. The van der Waals surface area contributed by atoms with E-state index in [-0.39, 0.29) is 0 Å². The van der Waals surface area contributed by atoms with Gasteiger partial charge in [-0.1, -0.05) is 24.1 Å². The first-order chi connectivity index (χ1) is 10.8. The fourth-order valence-corrected chi connectivity index (χ4v) is 2.56. The van der Waals surface area contributed by atoms with Crippen molar-refractivity contribution in [3.05, 3.63) is 60.3 Å². The van der Waals surface area contributed by atoms with Crippen LogP contribution in [0.5, 0.6) is 0 Å². The molecule has 0 amide bonds. The molecular weight excluding hydrogens is 272 g/mol. The van der Waals surface area contributed by atoms with Crippen LogP contribution in [0, 0.1) is 12.3 Å². The number of nitrogens with zero attached hydrogens (tertiary/aromatic N) is 2. The van der Waals surface area contributed by atoms with Gasteiger partial charge in [-0.05, 0) is 41.1 Å². The van der Waals surface area contributed by atoms with Crippen LogP contribution in [-0.4, -0.2) is 15.2 Å². The molecule has 2 N–H and O–H groups in total. The summed E-state index contributed by atoms with van der Waals surface area (Å²) in [5.41, 5.74) is 3.57. The molecule has 4 aromatic rings. The van der Waals surface area contributed by atoms with E-state index in [0.717, 1.165) is 33.1 Å². The molecule has 0 fully saturated rings. The van der Waals surface area contributed by atoms with Gasteiger partial charge in [-0.2, -0.15) is 5.10 Å². The summed E-state index contributed by atoms with van der Waals surface area (Å²) in [6, 6.07) is 15.8. The molecular formula is C18H12N4. The van der Waals surface area contributed by atoms with Gasteiger partial charge in [0.25, 0.3) is 0 Å². The first-order valence-electron chi connectivity index (χ1n) is 6.91. The molecule has 0 saturated carbocycles. The van der Waals surface area contributed by atoms with Crippen LogP contribution in [0.3, 0.4) is 0 Å². The highest BCUT2D eigenvalue weighted by molar-refractivity contribution is 5.93. The summed E-state index contributed by atoms with van der Waals surface area (Å²) in [7, 11) is 0. The van der Waals surface area contributed by atoms with Crippen molar-refractivity contribution < 1.29 is 0 Å². The number of anilines is 2. The Labute approximate surface area is 127 Å². The third-order valence-corrected chi connectivity index (χ3v) is 3.62. The van der Waals surface area contributed by atoms with Crippen LogP contribution in [0.2, 0.25) is 0 Å². The van der Waals surface area contributed by atoms with Gasteiger partial charge in [0.15, 0.2) is 5.82 Å². The van der Waals surface area contributed by atoms with E-state index in [0.29, 0.717) is 5.82 Å². The lowest BCUT2D eigenvalue weighted by Gasteiger charge is -2.06. The largest absolute Gasteiger partial charge is 0.337 e. The lowest BCUT2D eigenvalue weighted by molar-refractivity contribution is 1.12. The van der Waals surface area contributed by atoms with Gasteiger partial charge in [0.1, 0.15) is 5.52 Å². The topological polar surface area (TPSA) is 53.6 Å². The summed E-state index contributed by atoms with van der Waals surface area (Å²) < 4.78 is 0. The number of benzene rings is 2. The number of fused-ring (bicyclic) bond motifs is 2. The van der Waals surface area contributed by atoms with Crippen molar-refractivity contribution in [1.82, 2.24) is 15.2 Å². The van der Waals surface area contributed by atoms with Crippen molar-refractivity contribution in [2.45, 2.75) is 0 Å². The van der Waals surface area contributed by atoms with Gasteiger partial charge in [0.2, 0.25) is 0 Å². The standard InChI is InChI=1S/C18H12N4/c1-2-12-5-3-6-13-11-14(8-9-15(12)13)20-18-17-16(21-22-18)7-4-10-19-17/h1,3-11H,(H2,20,21,22). The Kier molecular flexibility index (Phi) is 2.77. The van der Waals surface area contributed by atoms with E-state index in [9.17, 15) is 0 Å². The van der Waals surface area contributed by atoms with Crippen LogP contribution in [0.15, 0.2) is 54.7 Å². The van der Waals surface area contributed by atoms with Crippen molar-refractivity contribution in [1.29, 1.82) is 0 Å². The van der Waals surface area contributed by atoms with Crippen LogP contribution < -0.4 is 5.32 Å². The van der Waals surface area contributed by atoms with E-state index in [1.54, 1.807) is 6.20 Å². The molecule has 0 spiro atoms. The monoisotopic (exact) mass is 284 g/mol. The molecule has 0 radical (unpaired) electrons. The summed E-state index contributed by atoms with van der Waals surface area (Å²) in [6.45, 7) is 0. The van der Waals surface area contributed by atoms with E-state index < -0.39 is 0 Å². The maximum absolute atomic E-state index is 5.54. The molecule has 2 heterocycles. The van der Waals surface area contributed by atoms with Crippen LogP contribution in [0.25, 0.3) is 21.8 Å². The smallest absolute Gasteiger partial charge is 0.178 e. The number of rotatable bonds is 2. The van der Waals surface area contributed by atoms with Crippen molar-refractivity contribution in [3.63, 3.8) is 0 Å². The van der Waals surface area contributed by atoms with Crippen molar-refractivity contribution in [2.24, 2.45) is 0 Å². The summed E-state index contributed by atoms with van der Waals surface area (Å²) >= 11 is 0. The first kappa shape index (κ1) is 12.4. The number of hydrogen-bond donors (Lipinski definition) is 2. The van der Waals surface area contributed by atoms with Gasteiger partial charge >= 0.3 is 0 Å². The number of hydrogen-bond acceptors (Lipinski definition) is 3. The molecule has 4 nitrogen and oxygen atoms in total. The van der Waals surface area contributed by atoms with Gasteiger partial charge in [-0.15, -0.1) is 6.42 Å². The average Bonchev–Trinajstić information content (AvgIpc) is 2.97. The second-order valence-electron chi connectivity index (χ2n) is 4.98. The van der Waals surface area contributed by atoms with Gasteiger partial charge < -0.3 is 5.32 Å². The minimum absolute atomic E-state index is 0.711. The summed E-state index contributed by atoms with van der Waals surface area (Å²) in [5.74, 6) is 3.42. The first-order valence-corrected chi connectivity index (χ1v) is 6.91. The Balaban J connectivity index is 1.77. The fraction of sp³-hybridized carbons (Fsp3) is 0. The number of nitrogens with one attached hydrogen (secondary N) is 2. The molecule has 22 heavy (non-hydrogen) atoms. The number of aromatic amines is 1. The Morgan fingerprint density at radius 1 is 1.09 bits per heavy atom. The lowest BCUT2D eigenvalue weighted by Crippen LogP contribution is -1.92. The molecule has 0 saturated heterocycles. The van der Waals surface area contributed by atoms with Crippen LogP contribution in [0.4, 0.5) is 11.5 Å². The highest BCUT2D eigenvalue weighted by Crippen LogP contribution is 2.26. The quantitative estimate of drug-likeness (QED) is 0.550. The van der Waals surface area contributed by atoms with E-state index in [1.807, 2.05) is 42.5 Å². The molecule has 0 aliphatic carbocycles. The minimum atomic E-state index is 0.711. The number of terminal acetylenes is 1. The number of pyridine rings is 1. The Morgan fingerprint density at radius 3 is 2.95 bits per heavy atom. The maximum Gasteiger partial charge on any atom is 0.178 e. The molecule has 0 aliphatic heterocycles. The number of H-pyrrole nitrogens is 1. The third-order valence-electron chi connectivity index (χ3n) is 3.62. The fourth-order valence-electron chi connectivity index (χ4n) is 2.56. The summed E-state index contributed by atoms with van der Waals surface area (Å²) in [6.07, 6.45) is 7.29. The summed E-state index contributed by atoms with van der Waals surface area (Å²) in [4.78, 5) is 4.34. The second kappa shape index (κ2) is 4.90. The van der Waals surface area contributed by atoms with E-state index in [2.05, 4.69) is 32.5 Å². The molecule has 0 unspecified atom stereocenters. The van der Waals surface area contributed by atoms with Crippen molar-refractivity contribution in [3.8, 4) is 12.3 Å². The van der Waals surface area contributed by atoms with E-state index in [1.165, 1.54) is 0 Å². The molecule has 0 atom stereocenters. The van der Waals surface area contributed by atoms with Crippen molar-refractivity contribution >= 4 is 33.3 Å². The van der Waals surface area contributed by atoms with Crippen LogP contribution in [0.1, 0.15) is 5.56 Å². The molecule has 104 valence electrons. The molecule has 2 aromatic carbocycles. The molecule has 4 rings (SSSR count). The molecule has 0 bridgehead atoms. The van der Waals surface area contributed by atoms with Crippen LogP contribution >= 0.6 is 0 Å². The highest BCUT2D eigenvalue weighted by atomic mass is 15.2. The third kappa shape index (κ3) is 1.97. The normalized spacial score (nSPS) is 10.7. The van der Waals surface area contributed by atoms with Gasteiger partial charge in [-0.25, -0.2) is 0 Å². The van der Waals surface area contributed by atoms with Crippen LogP contribution in [-0.2, 0) is 0 Å². The zero-order valence-electron chi connectivity index (χ0n) is 11.7. The maximum atomic E-state index is 5.54. The Bertz CT molecular complexity index is 1020. The zero-order valence-corrected chi connectivity index (χ0v) is 11.7. The molecule has 2 aromatic heterocycles. The summed E-state index contributed by atoms with van der Waals surface area (Å²) in [5, 5.41) is 12.7. The van der Waals surface area contributed by atoms with Gasteiger partial charge in [0, 0.05) is 17.4 Å². The molecule has 0 aliphatic rings.